The summed E-state index contributed by atoms with van der Waals surface area (Å²) in [6.07, 6.45) is 5.40. The topological polar surface area (TPSA) is 133 Å². The van der Waals surface area contributed by atoms with E-state index in [-0.39, 0.29) is 55.1 Å². The van der Waals surface area contributed by atoms with Crippen molar-refractivity contribution < 1.29 is 24.5 Å². The van der Waals surface area contributed by atoms with Crippen molar-refractivity contribution in [2.45, 2.75) is 62.9 Å². The van der Waals surface area contributed by atoms with Crippen molar-refractivity contribution in [3.8, 4) is 0 Å². The van der Waals surface area contributed by atoms with Gasteiger partial charge in [0.2, 0.25) is 5.96 Å². The largest absolute Gasteiger partial charge is 0.396 e. The van der Waals surface area contributed by atoms with Crippen molar-refractivity contribution in [1.29, 1.82) is 0 Å². The molecule has 0 aromatic rings. The number of rotatable bonds is 3. The van der Waals surface area contributed by atoms with Crippen molar-refractivity contribution in [3.63, 3.8) is 0 Å². The van der Waals surface area contributed by atoms with Crippen LogP contribution < -0.4 is 5.73 Å². The molecule has 3 aliphatic heterocycles. The zero-order chi connectivity index (χ0) is 22.9. The summed E-state index contributed by atoms with van der Waals surface area (Å²) in [5.74, 6) is 1.29. The fourth-order valence-corrected chi connectivity index (χ4v) is 6.11. The first kappa shape index (κ1) is 23.0. The Hall–Kier alpha value is -1.75. The molecule has 2 aliphatic carbocycles. The molecule has 4 N–H and O–H groups in total. The van der Waals surface area contributed by atoms with Crippen LogP contribution in [0.1, 0.15) is 38.5 Å². The van der Waals surface area contributed by atoms with Crippen molar-refractivity contribution in [1.82, 2.24) is 9.80 Å². The van der Waals surface area contributed by atoms with E-state index in [2.05, 4.69) is 9.89 Å². The Morgan fingerprint density at radius 2 is 1.73 bits per heavy atom. The van der Waals surface area contributed by atoms with Gasteiger partial charge in [-0.1, -0.05) is 12.8 Å². The normalized spacial score (nSPS) is 39.3. The van der Waals surface area contributed by atoms with Gasteiger partial charge in [0.15, 0.2) is 6.10 Å². The number of hydrogen-bond acceptors (Lipinski definition) is 9. The SMILES string of the molecule is NC1=NC(N2CCN(C(=O)C3COC4CCCCC4O3)CC2)=NC2CC(CO)C(CO)CC12. The average molecular weight is 464 g/mol. The van der Waals surface area contributed by atoms with E-state index >= 15 is 0 Å². The smallest absolute Gasteiger partial charge is 0.254 e. The Kier molecular flexibility index (Phi) is 6.87. The molecule has 33 heavy (non-hydrogen) atoms. The molecule has 5 rings (SSSR count). The predicted octanol–water partition coefficient (Wildman–Crippen LogP) is -0.420. The minimum Gasteiger partial charge on any atom is -0.396 e. The molecule has 0 radical (unpaired) electrons. The van der Waals surface area contributed by atoms with E-state index in [4.69, 9.17) is 20.2 Å². The number of carbonyl (C=O) groups is 1. The average Bonchev–Trinajstić information content (AvgIpc) is 2.87. The summed E-state index contributed by atoms with van der Waals surface area (Å²) < 4.78 is 12.1. The fourth-order valence-electron chi connectivity index (χ4n) is 6.11. The lowest BCUT2D eigenvalue weighted by atomic mass is 9.71. The van der Waals surface area contributed by atoms with Gasteiger partial charge in [0.25, 0.3) is 5.91 Å². The zero-order valence-corrected chi connectivity index (χ0v) is 19.2. The van der Waals surface area contributed by atoms with E-state index in [1.54, 1.807) is 0 Å². The summed E-state index contributed by atoms with van der Waals surface area (Å²) in [7, 11) is 0. The van der Waals surface area contributed by atoms with Gasteiger partial charge >= 0.3 is 0 Å². The molecule has 184 valence electrons. The second-order valence-electron chi connectivity index (χ2n) is 10.1. The Morgan fingerprint density at radius 3 is 2.45 bits per heavy atom. The van der Waals surface area contributed by atoms with Crippen LogP contribution in [0.4, 0.5) is 0 Å². The molecule has 10 nitrogen and oxygen atoms in total. The van der Waals surface area contributed by atoms with E-state index in [1.807, 2.05) is 4.90 Å². The maximum atomic E-state index is 13.1. The quantitative estimate of drug-likeness (QED) is 0.518. The molecule has 7 atom stereocenters. The van der Waals surface area contributed by atoms with Crippen LogP contribution >= 0.6 is 0 Å². The minimum absolute atomic E-state index is 0.0143. The van der Waals surface area contributed by atoms with E-state index in [0.717, 1.165) is 19.3 Å². The van der Waals surface area contributed by atoms with Crippen LogP contribution in [0.5, 0.6) is 0 Å². The number of aliphatic imine (C=N–C) groups is 2. The Bertz CT molecular complexity index is 783. The highest BCUT2D eigenvalue weighted by Crippen LogP contribution is 2.37. The number of aliphatic hydroxyl groups is 2. The first-order valence-electron chi connectivity index (χ1n) is 12.5. The van der Waals surface area contributed by atoms with Crippen molar-refractivity contribution >= 4 is 17.7 Å². The first-order chi connectivity index (χ1) is 16.1. The van der Waals surface area contributed by atoms with Gasteiger partial charge in [0.1, 0.15) is 5.84 Å². The summed E-state index contributed by atoms with van der Waals surface area (Å²) >= 11 is 0. The summed E-state index contributed by atoms with van der Waals surface area (Å²) in [6.45, 7) is 2.89. The number of amides is 1. The van der Waals surface area contributed by atoms with E-state index in [1.165, 1.54) is 6.42 Å². The van der Waals surface area contributed by atoms with Crippen molar-refractivity contribution in [3.05, 3.63) is 0 Å². The first-order valence-corrected chi connectivity index (χ1v) is 12.5. The Morgan fingerprint density at radius 1 is 1.03 bits per heavy atom. The van der Waals surface area contributed by atoms with E-state index in [9.17, 15) is 15.0 Å². The highest BCUT2D eigenvalue weighted by molar-refractivity contribution is 5.99. The summed E-state index contributed by atoms with van der Waals surface area (Å²) in [5.41, 5.74) is 6.32. The van der Waals surface area contributed by atoms with Crippen molar-refractivity contribution in [2.75, 3.05) is 46.0 Å². The molecule has 1 amide bonds. The number of guanidine groups is 1. The van der Waals surface area contributed by atoms with Gasteiger partial charge in [-0.05, 0) is 37.5 Å². The van der Waals surface area contributed by atoms with E-state index in [0.29, 0.717) is 57.4 Å². The Labute approximate surface area is 194 Å². The lowest BCUT2D eigenvalue weighted by Gasteiger charge is -2.43. The highest BCUT2D eigenvalue weighted by atomic mass is 16.6. The third kappa shape index (κ3) is 4.62. The van der Waals surface area contributed by atoms with Crippen LogP contribution in [0.15, 0.2) is 9.98 Å². The molecule has 2 saturated carbocycles. The Balaban J connectivity index is 1.17. The molecule has 2 saturated heterocycles. The highest BCUT2D eigenvalue weighted by Gasteiger charge is 2.42. The number of carbonyl (C=O) groups excluding carboxylic acids is 1. The zero-order valence-electron chi connectivity index (χ0n) is 19.2. The molecule has 7 unspecified atom stereocenters. The van der Waals surface area contributed by atoms with Gasteiger partial charge in [-0.2, -0.15) is 0 Å². The van der Waals surface area contributed by atoms with Gasteiger partial charge in [-0.25, -0.2) is 9.98 Å². The van der Waals surface area contributed by atoms with Crippen LogP contribution in [0.2, 0.25) is 0 Å². The number of amidine groups is 1. The van der Waals surface area contributed by atoms with Gasteiger partial charge in [0.05, 0.1) is 24.9 Å². The lowest BCUT2D eigenvalue weighted by molar-refractivity contribution is -0.202. The molecular weight excluding hydrogens is 426 g/mol. The summed E-state index contributed by atoms with van der Waals surface area (Å²) in [6, 6.07) is -0.0201. The van der Waals surface area contributed by atoms with Crippen LogP contribution in [0.25, 0.3) is 0 Å². The molecule has 10 heteroatoms. The van der Waals surface area contributed by atoms with Gasteiger partial charge in [0, 0.05) is 45.3 Å². The van der Waals surface area contributed by atoms with Crippen LogP contribution in [0.3, 0.4) is 0 Å². The minimum atomic E-state index is -0.505. The molecule has 3 heterocycles. The maximum absolute atomic E-state index is 13.1. The lowest BCUT2D eigenvalue weighted by Crippen LogP contribution is -2.57. The van der Waals surface area contributed by atoms with E-state index < -0.39 is 6.10 Å². The number of nitrogens with two attached hydrogens (primary N) is 1. The number of aliphatic hydroxyl groups excluding tert-OH is 2. The fraction of sp³-hybridized carbons (Fsp3) is 0.870. The molecule has 0 bridgehead atoms. The second-order valence-corrected chi connectivity index (χ2v) is 10.1. The second kappa shape index (κ2) is 9.85. The van der Waals surface area contributed by atoms with Gasteiger partial charge < -0.3 is 35.2 Å². The van der Waals surface area contributed by atoms with Crippen LogP contribution in [-0.4, -0.2) is 108 Å². The maximum Gasteiger partial charge on any atom is 0.254 e. The predicted molar refractivity (Wildman–Crippen MR) is 122 cm³/mol. The molecule has 5 aliphatic rings. The third-order valence-electron chi connectivity index (χ3n) is 8.18. The van der Waals surface area contributed by atoms with Crippen LogP contribution in [-0.2, 0) is 14.3 Å². The third-order valence-corrected chi connectivity index (χ3v) is 8.18. The van der Waals surface area contributed by atoms with Crippen LogP contribution in [0, 0.1) is 17.8 Å². The molecule has 0 aromatic carbocycles. The monoisotopic (exact) mass is 463 g/mol. The molecule has 4 fully saturated rings. The number of piperazine rings is 1. The number of fused-ring (bicyclic) bond motifs is 2. The summed E-state index contributed by atoms with van der Waals surface area (Å²) in [4.78, 5) is 26.5. The number of hydrogen-bond donors (Lipinski definition) is 3. The number of ether oxygens (including phenoxy) is 2. The number of nitrogens with zero attached hydrogens (tertiary/aromatic N) is 4. The van der Waals surface area contributed by atoms with Gasteiger partial charge in [-0.15, -0.1) is 0 Å². The van der Waals surface area contributed by atoms with Crippen molar-refractivity contribution in [2.24, 2.45) is 33.5 Å². The molecular formula is C23H37N5O5. The standard InChI is InChI=1S/C23H37N5O5/c24-21-16-9-14(11-29)15(12-30)10-17(16)25-23(26-21)28-7-5-27(6-8-28)22(31)20-13-32-18-3-1-2-4-19(18)33-20/h14-20,29-30H,1-13H2,(H2,24,25,26). The molecule has 0 aromatic heterocycles. The molecule has 0 spiro atoms. The summed E-state index contributed by atoms with van der Waals surface area (Å²) in [5, 5.41) is 19.4. The van der Waals surface area contributed by atoms with Gasteiger partial charge in [-0.3, -0.25) is 4.79 Å².